The first kappa shape index (κ1) is 21.3. The summed E-state index contributed by atoms with van der Waals surface area (Å²) < 4.78 is 64.8. The zero-order valence-electron chi connectivity index (χ0n) is 16.0. The summed E-state index contributed by atoms with van der Waals surface area (Å²) in [6.45, 7) is 0. The maximum Gasteiger partial charge on any atom is 0.322 e. The fourth-order valence-corrected chi connectivity index (χ4v) is 5.06. The van der Waals surface area contributed by atoms with Crippen LogP contribution in [-0.2, 0) is 21.2 Å². The summed E-state index contributed by atoms with van der Waals surface area (Å²) in [6.07, 6.45) is 1.72. The number of amides is 3. The molecule has 2 unspecified atom stereocenters. The van der Waals surface area contributed by atoms with E-state index >= 15 is 0 Å². The van der Waals surface area contributed by atoms with Gasteiger partial charge in [0.15, 0.2) is 17.5 Å². The van der Waals surface area contributed by atoms with Crippen LogP contribution in [0.3, 0.4) is 0 Å². The second kappa shape index (κ2) is 7.34. The second-order valence-electron chi connectivity index (χ2n) is 7.79. The molecule has 2 fully saturated rings. The highest BCUT2D eigenvalue weighted by Gasteiger charge is 2.54. The van der Waals surface area contributed by atoms with Crippen LogP contribution >= 0.6 is 0 Å². The molecular formula is C20H18F3N3O4S. The standard InChI is InChI=1S/C20H18F3N3O4S/c21-15-8-11(9-16(22)17(15)23)14-4-3-13(31(24,29)30)7-10(14)6-12-2-1-5-20(12)18(27)25-19(28)26-20/h3-4,7-9,12H,1-2,5-6H2,(H2,24,29,30)(H2,25,26,27,28). The van der Waals surface area contributed by atoms with Crippen LogP contribution in [0.5, 0.6) is 0 Å². The molecule has 4 rings (SSSR count). The topological polar surface area (TPSA) is 118 Å². The summed E-state index contributed by atoms with van der Waals surface area (Å²) in [7, 11) is -4.09. The van der Waals surface area contributed by atoms with Gasteiger partial charge in [-0.15, -0.1) is 0 Å². The van der Waals surface area contributed by atoms with Crippen LogP contribution < -0.4 is 15.8 Å². The van der Waals surface area contributed by atoms with E-state index in [1.54, 1.807) is 0 Å². The van der Waals surface area contributed by atoms with E-state index in [1.165, 1.54) is 18.2 Å². The number of primary sulfonamides is 1. The molecule has 1 aliphatic heterocycles. The van der Waals surface area contributed by atoms with E-state index < -0.39 is 50.9 Å². The van der Waals surface area contributed by atoms with Crippen molar-refractivity contribution in [1.82, 2.24) is 10.6 Å². The molecule has 31 heavy (non-hydrogen) atoms. The number of hydrogen-bond acceptors (Lipinski definition) is 4. The summed E-state index contributed by atoms with van der Waals surface area (Å²) in [6, 6.07) is 4.78. The number of sulfonamides is 1. The van der Waals surface area contributed by atoms with Crippen molar-refractivity contribution >= 4 is 22.0 Å². The number of rotatable bonds is 4. The molecule has 7 nitrogen and oxygen atoms in total. The second-order valence-corrected chi connectivity index (χ2v) is 9.35. The lowest BCUT2D eigenvalue weighted by molar-refractivity contribution is -0.125. The van der Waals surface area contributed by atoms with Gasteiger partial charge in [0.05, 0.1) is 4.90 Å². The largest absolute Gasteiger partial charge is 0.323 e. The van der Waals surface area contributed by atoms with Gasteiger partial charge in [0, 0.05) is 0 Å². The third kappa shape index (κ3) is 3.68. The summed E-state index contributed by atoms with van der Waals surface area (Å²) in [5.74, 6) is -5.27. The molecule has 1 saturated carbocycles. The van der Waals surface area contributed by atoms with E-state index in [0.717, 1.165) is 12.1 Å². The number of urea groups is 1. The molecule has 164 valence electrons. The summed E-state index contributed by atoms with van der Waals surface area (Å²) in [5, 5.41) is 10.1. The van der Waals surface area contributed by atoms with Gasteiger partial charge >= 0.3 is 6.03 Å². The van der Waals surface area contributed by atoms with E-state index in [9.17, 15) is 31.2 Å². The Kier molecular flexibility index (Phi) is 5.05. The predicted molar refractivity (Wildman–Crippen MR) is 104 cm³/mol. The molecule has 2 aromatic carbocycles. The third-order valence-electron chi connectivity index (χ3n) is 5.96. The van der Waals surface area contributed by atoms with Crippen molar-refractivity contribution in [1.29, 1.82) is 0 Å². The Labute approximate surface area is 175 Å². The Bertz CT molecular complexity index is 1200. The predicted octanol–water partition coefficient (Wildman–Crippen LogP) is 2.34. The number of imide groups is 1. The van der Waals surface area contributed by atoms with E-state index in [4.69, 9.17) is 5.14 Å². The molecular weight excluding hydrogens is 435 g/mol. The van der Waals surface area contributed by atoms with Crippen LogP contribution in [0, 0.1) is 23.4 Å². The average molecular weight is 453 g/mol. The van der Waals surface area contributed by atoms with Crippen molar-refractivity contribution in [2.45, 2.75) is 36.1 Å². The first-order valence-corrected chi connectivity index (χ1v) is 11.0. The minimum Gasteiger partial charge on any atom is -0.323 e. The highest BCUT2D eigenvalue weighted by Crippen LogP contribution is 2.41. The van der Waals surface area contributed by atoms with E-state index in [1.807, 2.05) is 0 Å². The van der Waals surface area contributed by atoms with E-state index in [2.05, 4.69) is 10.6 Å². The Morgan fingerprint density at radius 3 is 2.35 bits per heavy atom. The van der Waals surface area contributed by atoms with Gasteiger partial charge in [0.2, 0.25) is 10.0 Å². The minimum atomic E-state index is -4.09. The molecule has 4 N–H and O–H groups in total. The molecule has 2 aromatic rings. The van der Waals surface area contributed by atoms with Gasteiger partial charge in [-0.1, -0.05) is 12.5 Å². The maximum absolute atomic E-state index is 13.8. The lowest BCUT2D eigenvalue weighted by Gasteiger charge is -2.29. The molecule has 0 radical (unpaired) electrons. The Hall–Kier alpha value is -2.92. The number of benzene rings is 2. The normalized spacial score (nSPS) is 23.3. The van der Waals surface area contributed by atoms with Crippen molar-refractivity contribution in [2.75, 3.05) is 0 Å². The van der Waals surface area contributed by atoms with Crippen molar-refractivity contribution in [3.63, 3.8) is 0 Å². The first-order valence-electron chi connectivity index (χ1n) is 9.45. The van der Waals surface area contributed by atoms with Crippen LogP contribution in [0.15, 0.2) is 35.2 Å². The molecule has 1 saturated heterocycles. The van der Waals surface area contributed by atoms with Crippen molar-refractivity contribution in [3.05, 3.63) is 53.3 Å². The number of hydrogen-bond donors (Lipinski definition) is 3. The molecule has 11 heteroatoms. The smallest absolute Gasteiger partial charge is 0.322 e. The first-order chi connectivity index (χ1) is 14.5. The van der Waals surface area contributed by atoms with Gasteiger partial charge in [0.25, 0.3) is 5.91 Å². The lowest BCUT2D eigenvalue weighted by atomic mass is 9.81. The Balaban J connectivity index is 1.82. The quantitative estimate of drug-likeness (QED) is 0.486. The van der Waals surface area contributed by atoms with Crippen LogP contribution in [0.1, 0.15) is 24.8 Å². The van der Waals surface area contributed by atoms with Crippen LogP contribution in [0.2, 0.25) is 0 Å². The Morgan fingerprint density at radius 2 is 1.77 bits per heavy atom. The van der Waals surface area contributed by atoms with Crippen molar-refractivity contribution < 1.29 is 31.2 Å². The summed E-state index contributed by atoms with van der Waals surface area (Å²) >= 11 is 0. The van der Waals surface area contributed by atoms with Crippen LogP contribution in [-0.4, -0.2) is 25.9 Å². The number of carbonyl (C=O) groups is 2. The zero-order valence-corrected chi connectivity index (χ0v) is 16.9. The fourth-order valence-electron chi connectivity index (χ4n) is 4.50. The van der Waals surface area contributed by atoms with Gasteiger partial charge in [-0.2, -0.15) is 0 Å². The minimum absolute atomic E-state index is 0.000625. The fraction of sp³-hybridized carbons (Fsp3) is 0.300. The monoisotopic (exact) mass is 453 g/mol. The summed E-state index contributed by atoms with van der Waals surface area (Å²) in [5.41, 5.74) is -0.543. The number of carbonyl (C=O) groups excluding carboxylic acids is 2. The van der Waals surface area contributed by atoms with E-state index in [-0.39, 0.29) is 22.4 Å². The zero-order chi connectivity index (χ0) is 22.6. The third-order valence-corrected chi connectivity index (χ3v) is 6.87. The lowest BCUT2D eigenvalue weighted by Crippen LogP contribution is -2.50. The van der Waals surface area contributed by atoms with Crippen molar-refractivity contribution in [2.24, 2.45) is 11.1 Å². The highest BCUT2D eigenvalue weighted by atomic mass is 32.2. The number of nitrogens with one attached hydrogen (secondary N) is 2. The SMILES string of the molecule is NS(=O)(=O)c1ccc(-c2cc(F)c(F)c(F)c2)c(CC2CCCC23NC(=O)NC3=O)c1. The molecule has 2 atom stereocenters. The van der Waals surface area contributed by atoms with Gasteiger partial charge in [-0.3, -0.25) is 10.1 Å². The Morgan fingerprint density at radius 1 is 1.10 bits per heavy atom. The molecule has 0 bridgehead atoms. The van der Waals surface area contributed by atoms with Crippen LogP contribution in [0.4, 0.5) is 18.0 Å². The molecule has 1 heterocycles. The van der Waals surface area contributed by atoms with Crippen molar-refractivity contribution in [3.8, 4) is 11.1 Å². The van der Waals surface area contributed by atoms with Crippen LogP contribution in [0.25, 0.3) is 11.1 Å². The maximum atomic E-state index is 13.8. The number of halogens is 3. The molecule has 1 spiro atoms. The number of nitrogens with two attached hydrogens (primary N) is 1. The molecule has 3 amide bonds. The van der Waals surface area contributed by atoms with Gasteiger partial charge in [0.1, 0.15) is 5.54 Å². The van der Waals surface area contributed by atoms with E-state index in [0.29, 0.717) is 24.8 Å². The van der Waals surface area contributed by atoms with Gasteiger partial charge in [-0.25, -0.2) is 31.5 Å². The molecule has 2 aliphatic rings. The van der Waals surface area contributed by atoms with Gasteiger partial charge < -0.3 is 5.32 Å². The molecule has 1 aliphatic carbocycles. The molecule has 0 aromatic heterocycles. The van der Waals surface area contributed by atoms with Gasteiger partial charge in [-0.05, 0) is 66.1 Å². The highest BCUT2D eigenvalue weighted by molar-refractivity contribution is 7.89. The summed E-state index contributed by atoms with van der Waals surface area (Å²) in [4.78, 5) is 24.0. The average Bonchev–Trinajstić information content (AvgIpc) is 3.21.